The van der Waals surface area contributed by atoms with Crippen molar-refractivity contribution in [2.75, 3.05) is 11.9 Å². The van der Waals surface area contributed by atoms with Crippen LogP contribution in [0.3, 0.4) is 0 Å². The van der Waals surface area contributed by atoms with E-state index in [4.69, 9.17) is 4.74 Å². The van der Waals surface area contributed by atoms with Crippen molar-refractivity contribution >= 4 is 23.6 Å². The molecule has 3 N–H and O–H groups in total. The number of ether oxygens (including phenoxy) is 1. The lowest BCUT2D eigenvalue weighted by Crippen LogP contribution is -2.39. The number of aryl methyl sites for hydroxylation is 1. The second kappa shape index (κ2) is 10.2. The van der Waals surface area contributed by atoms with E-state index >= 15 is 0 Å². The van der Waals surface area contributed by atoms with Crippen molar-refractivity contribution in [2.45, 2.75) is 33.4 Å². The molecule has 0 radical (unpaired) electrons. The highest BCUT2D eigenvalue weighted by Gasteiger charge is 2.11. The number of esters is 1. The topological polar surface area (TPSA) is 96.5 Å². The minimum Gasteiger partial charge on any atom is -0.452 e. The van der Waals surface area contributed by atoms with Gasteiger partial charge in [0.05, 0.1) is 5.56 Å². The minimum absolute atomic E-state index is 0.0365. The number of carbonyl (C=O) groups excluding carboxylic acids is 3. The quantitative estimate of drug-likeness (QED) is 0.621. The van der Waals surface area contributed by atoms with Crippen LogP contribution in [0.5, 0.6) is 0 Å². The molecule has 3 amide bonds. The normalized spacial score (nSPS) is 10.4. The number of anilines is 1. The fraction of sp³-hybridized carbons (Fsp3) is 0.286. The first-order valence-electron chi connectivity index (χ1n) is 9.11. The van der Waals surface area contributed by atoms with E-state index in [1.54, 1.807) is 43.3 Å². The van der Waals surface area contributed by atoms with Crippen LogP contribution in [0.1, 0.15) is 35.3 Å². The summed E-state index contributed by atoms with van der Waals surface area (Å²) in [5.74, 6) is -1.66. The number of carbonyl (C=O) groups is 3. The van der Waals surface area contributed by atoms with Crippen LogP contribution >= 0.6 is 0 Å². The highest BCUT2D eigenvalue weighted by molar-refractivity contribution is 5.95. The number of benzene rings is 2. The molecule has 2 rings (SSSR count). The number of urea groups is 1. The molecule has 154 valence electrons. The van der Waals surface area contributed by atoms with Crippen molar-refractivity contribution in [3.63, 3.8) is 0 Å². The summed E-state index contributed by atoms with van der Waals surface area (Å²) in [7, 11) is 0. The molecule has 0 aliphatic rings. The first kappa shape index (κ1) is 21.9. The summed E-state index contributed by atoms with van der Waals surface area (Å²) >= 11 is 0. The molecule has 0 spiro atoms. The molecule has 0 bridgehead atoms. The van der Waals surface area contributed by atoms with Gasteiger partial charge in [-0.1, -0.05) is 18.2 Å². The van der Waals surface area contributed by atoms with E-state index in [1.807, 2.05) is 13.8 Å². The Hall–Kier alpha value is -3.42. The lowest BCUT2D eigenvalue weighted by atomic mass is 10.1. The number of rotatable bonds is 7. The Morgan fingerprint density at radius 1 is 1.07 bits per heavy atom. The standard InChI is InChI=1S/C21H24FN3O4/c1-13(2)24-21(28)23-11-15-5-7-16(8-6-15)20(27)29-12-19(26)25-17-9-4-14(3)18(22)10-17/h4-10,13H,11-12H2,1-3H3,(H,25,26)(H2,23,24,28). The smallest absolute Gasteiger partial charge is 0.338 e. The molecule has 29 heavy (non-hydrogen) atoms. The van der Waals surface area contributed by atoms with Crippen molar-refractivity contribution in [3.8, 4) is 0 Å². The number of halogens is 1. The van der Waals surface area contributed by atoms with Crippen LogP contribution in [0.4, 0.5) is 14.9 Å². The summed E-state index contributed by atoms with van der Waals surface area (Å²) in [6.45, 7) is 5.15. The first-order valence-corrected chi connectivity index (χ1v) is 9.11. The van der Waals surface area contributed by atoms with Gasteiger partial charge < -0.3 is 20.7 Å². The Kier molecular flexibility index (Phi) is 7.70. The van der Waals surface area contributed by atoms with E-state index in [9.17, 15) is 18.8 Å². The number of hydrogen-bond acceptors (Lipinski definition) is 4. The van der Waals surface area contributed by atoms with E-state index in [0.717, 1.165) is 5.56 Å². The third kappa shape index (κ3) is 7.25. The zero-order valence-electron chi connectivity index (χ0n) is 16.5. The molecule has 0 unspecified atom stereocenters. The maximum atomic E-state index is 13.5. The molecule has 0 heterocycles. The zero-order valence-corrected chi connectivity index (χ0v) is 16.5. The molecule has 0 aromatic heterocycles. The summed E-state index contributed by atoms with van der Waals surface area (Å²) in [5.41, 5.74) is 1.83. The van der Waals surface area contributed by atoms with Crippen molar-refractivity contribution in [3.05, 3.63) is 65.0 Å². The molecular formula is C21H24FN3O4. The van der Waals surface area contributed by atoms with Gasteiger partial charge in [0, 0.05) is 18.3 Å². The molecule has 0 atom stereocenters. The second-order valence-corrected chi connectivity index (χ2v) is 6.77. The molecule has 0 saturated heterocycles. The number of nitrogens with one attached hydrogen (secondary N) is 3. The van der Waals surface area contributed by atoms with Crippen LogP contribution in [0, 0.1) is 12.7 Å². The highest BCUT2D eigenvalue weighted by atomic mass is 19.1. The third-order valence-corrected chi connectivity index (χ3v) is 3.85. The van der Waals surface area contributed by atoms with Crippen molar-refractivity contribution in [1.29, 1.82) is 0 Å². The Bertz CT molecular complexity index is 882. The van der Waals surface area contributed by atoms with Crippen molar-refractivity contribution < 1.29 is 23.5 Å². The Morgan fingerprint density at radius 3 is 2.38 bits per heavy atom. The lowest BCUT2D eigenvalue weighted by molar-refractivity contribution is -0.119. The van der Waals surface area contributed by atoms with E-state index in [2.05, 4.69) is 16.0 Å². The van der Waals surface area contributed by atoms with E-state index in [0.29, 0.717) is 12.1 Å². The van der Waals surface area contributed by atoms with E-state index in [-0.39, 0.29) is 23.3 Å². The molecule has 0 saturated carbocycles. The molecule has 0 fully saturated rings. The predicted molar refractivity (Wildman–Crippen MR) is 107 cm³/mol. The summed E-state index contributed by atoms with van der Waals surface area (Å²) in [4.78, 5) is 35.5. The number of hydrogen-bond donors (Lipinski definition) is 3. The first-order chi connectivity index (χ1) is 13.7. The van der Waals surface area contributed by atoms with Gasteiger partial charge in [-0.15, -0.1) is 0 Å². The maximum absolute atomic E-state index is 13.5. The average molecular weight is 401 g/mol. The molecule has 0 aliphatic carbocycles. The molecule has 2 aromatic carbocycles. The number of amides is 3. The summed E-state index contributed by atoms with van der Waals surface area (Å²) in [5, 5.41) is 7.88. The fourth-order valence-electron chi connectivity index (χ4n) is 2.34. The highest BCUT2D eigenvalue weighted by Crippen LogP contribution is 2.13. The van der Waals surface area contributed by atoms with Gasteiger partial charge >= 0.3 is 12.0 Å². The van der Waals surface area contributed by atoms with Crippen molar-refractivity contribution in [2.24, 2.45) is 0 Å². The zero-order chi connectivity index (χ0) is 21.4. The Morgan fingerprint density at radius 2 is 1.76 bits per heavy atom. The molecule has 8 heteroatoms. The Balaban J connectivity index is 1.80. The second-order valence-electron chi connectivity index (χ2n) is 6.77. The van der Waals surface area contributed by atoms with Gasteiger partial charge in [0.1, 0.15) is 5.82 Å². The van der Waals surface area contributed by atoms with Crippen LogP contribution < -0.4 is 16.0 Å². The van der Waals surface area contributed by atoms with Crippen LogP contribution in [0.15, 0.2) is 42.5 Å². The SMILES string of the molecule is Cc1ccc(NC(=O)COC(=O)c2ccc(CNC(=O)NC(C)C)cc2)cc1F. The molecule has 2 aromatic rings. The van der Waals surface area contributed by atoms with Crippen LogP contribution in [0.25, 0.3) is 0 Å². The molecule has 7 nitrogen and oxygen atoms in total. The van der Waals surface area contributed by atoms with Crippen molar-refractivity contribution in [1.82, 2.24) is 10.6 Å². The lowest BCUT2D eigenvalue weighted by Gasteiger charge is -2.10. The largest absolute Gasteiger partial charge is 0.452 e. The van der Waals surface area contributed by atoms with Gasteiger partial charge in [-0.05, 0) is 56.2 Å². The molecule has 0 aliphatic heterocycles. The fourth-order valence-corrected chi connectivity index (χ4v) is 2.34. The van der Waals surface area contributed by atoms with Crippen LogP contribution in [-0.2, 0) is 16.1 Å². The maximum Gasteiger partial charge on any atom is 0.338 e. The average Bonchev–Trinajstić information content (AvgIpc) is 2.67. The monoisotopic (exact) mass is 401 g/mol. The summed E-state index contributed by atoms with van der Waals surface area (Å²) in [6.07, 6.45) is 0. The van der Waals surface area contributed by atoms with E-state index < -0.39 is 24.3 Å². The van der Waals surface area contributed by atoms with Gasteiger partial charge in [0.2, 0.25) is 0 Å². The summed E-state index contributed by atoms with van der Waals surface area (Å²) in [6, 6.07) is 10.5. The molecular weight excluding hydrogens is 377 g/mol. The minimum atomic E-state index is -0.660. The van der Waals surface area contributed by atoms with Gasteiger partial charge in [0.25, 0.3) is 5.91 Å². The van der Waals surface area contributed by atoms with Gasteiger partial charge in [-0.2, -0.15) is 0 Å². The van der Waals surface area contributed by atoms with Gasteiger partial charge in [-0.25, -0.2) is 14.0 Å². The third-order valence-electron chi connectivity index (χ3n) is 3.85. The van der Waals surface area contributed by atoms with Crippen LogP contribution in [0.2, 0.25) is 0 Å². The van der Waals surface area contributed by atoms with E-state index in [1.165, 1.54) is 6.07 Å². The summed E-state index contributed by atoms with van der Waals surface area (Å²) < 4.78 is 18.5. The van der Waals surface area contributed by atoms with Gasteiger partial charge in [0.15, 0.2) is 6.61 Å². The Labute approximate surface area is 168 Å². The van der Waals surface area contributed by atoms with Gasteiger partial charge in [-0.3, -0.25) is 4.79 Å². The van der Waals surface area contributed by atoms with Crippen LogP contribution in [-0.4, -0.2) is 30.6 Å². The predicted octanol–water partition coefficient (Wildman–Crippen LogP) is 3.14.